The van der Waals surface area contributed by atoms with E-state index in [0.717, 1.165) is 11.2 Å². The fourth-order valence-electron chi connectivity index (χ4n) is 2.31. The van der Waals surface area contributed by atoms with E-state index in [9.17, 15) is 0 Å². The Kier molecular flexibility index (Phi) is 2.34. The van der Waals surface area contributed by atoms with Gasteiger partial charge in [0.25, 0.3) is 0 Å². The van der Waals surface area contributed by atoms with Crippen LogP contribution in [-0.2, 0) is 9.57 Å². The van der Waals surface area contributed by atoms with Gasteiger partial charge < -0.3 is 19.9 Å². The summed E-state index contributed by atoms with van der Waals surface area (Å²) in [6, 6.07) is 0. The molecule has 19 heavy (non-hydrogen) atoms. The van der Waals surface area contributed by atoms with Crippen molar-refractivity contribution in [1.82, 2.24) is 19.9 Å². The summed E-state index contributed by atoms with van der Waals surface area (Å²) in [5.74, 6) is 0.784. The molecule has 0 amide bonds. The van der Waals surface area contributed by atoms with Crippen LogP contribution in [-0.4, -0.2) is 51.5 Å². The number of fused-ring (bicyclic) bond motifs is 2. The number of hydrogen-bond donors (Lipinski definition) is 2. The quantitative estimate of drug-likeness (QED) is 0.816. The molecule has 4 heterocycles. The highest BCUT2D eigenvalue weighted by atomic mass is 16.7. The maximum absolute atomic E-state index is 5.36. The van der Waals surface area contributed by atoms with Crippen molar-refractivity contribution in [1.29, 1.82) is 0 Å². The summed E-state index contributed by atoms with van der Waals surface area (Å²) in [7, 11) is 0. The molecule has 2 aliphatic rings. The maximum Gasteiger partial charge on any atom is 0.225 e. The predicted octanol–water partition coefficient (Wildman–Crippen LogP) is 0.166. The van der Waals surface area contributed by atoms with E-state index in [-0.39, 0.29) is 12.0 Å². The van der Waals surface area contributed by atoms with Crippen molar-refractivity contribution in [3.05, 3.63) is 12.5 Å². The summed E-state index contributed by atoms with van der Waals surface area (Å²) < 4.78 is 5.36. The van der Waals surface area contributed by atoms with Crippen LogP contribution in [0, 0.1) is 5.92 Å². The molecule has 2 aromatic rings. The van der Waals surface area contributed by atoms with E-state index in [2.05, 4.69) is 30.4 Å². The van der Waals surface area contributed by atoms with E-state index in [4.69, 9.17) is 9.57 Å². The summed E-state index contributed by atoms with van der Waals surface area (Å²) in [6.07, 6.45) is 3.37. The fraction of sp³-hybridized carbons (Fsp3) is 0.455. The minimum absolute atomic E-state index is 0.0755. The first-order chi connectivity index (χ1) is 9.40. The second kappa shape index (κ2) is 4.16. The van der Waals surface area contributed by atoms with Crippen LogP contribution in [0.15, 0.2) is 17.7 Å². The van der Waals surface area contributed by atoms with Crippen LogP contribution in [0.1, 0.15) is 0 Å². The maximum atomic E-state index is 5.36. The molecule has 0 spiro atoms. The summed E-state index contributed by atoms with van der Waals surface area (Å²) in [5.41, 5.74) is 2.41. The minimum Gasteiger partial charge on any atom is -0.389 e. The molecule has 0 aliphatic carbocycles. The van der Waals surface area contributed by atoms with Crippen molar-refractivity contribution in [3.63, 3.8) is 0 Å². The second-order valence-electron chi connectivity index (χ2n) is 4.56. The Bertz CT molecular complexity index is 639. The van der Waals surface area contributed by atoms with Gasteiger partial charge in [0.15, 0.2) is 11.8 Å². The standard InChI is InChI=1S/C11H12N6O2/c1(7-6-3-18-4-9(6)19-17-7)12-11-13-2-8-10(16-11)15-5-14-8/h2,5-6,9H,1,3-4H2,(H2,12,13,14,15,16)/t6-,9-/m1/s1. The molecule has 4 rings (SSSR count). The largest absolute Gasteiger partial charge is 0.389 e. The molecule has 1 fully saturated rings. The van der Waals surface area contributed by atoms with E-state index in [0.29, 0.717) is 31.4 Å². The average Bonchev–Trinajstić information content (AvgIpc) is 3.12. The highest BCUT2D eigenvalue weighted by molar-refractivity contribution is 5.91. The van der Waals surface area contributed by atoms with Gasteiger partial charge in [0.1, 0.15) is 5.52 Å². The Hall–Kier alpha value is -2.22. The van der Waals surface area contributed by atoms with E-state index in [1.165, 1.54) is 0 Å². The van der Waals surface area contributed by atoms with Gasteiger partial charge in [-0.15, -0.1) is 0 Å². The molecule has 8 nitrogen and oxygen atoms in total. The molecule has 0 radical (unpaired) electrons. The van der Waals surface area contributed by atoms with E-state index >= 15 is 0 Å². The van der Waals surface area contributed by atoms with Gasteiger partial charge in [-0.05, 0) is 0 Å². The lowest BCUT2D eigenvalue weighted by molar-refractivity contribution is 0.0558. The third kappa shape index (κ3) is 1.80. The van der Waals surface area contributed by atoms with Gasteiger partial charge in [-0.25, -0.2) is 9.97 Å². The van der Waals surface area contributed by atoms with Gasteiger partial charge in [0.2, 0.25) is 5.95 Å². The minimum atomic E-state index is 0.0755. The summed E-state index contributed by atoms with van der Waals surface area (Å²) in [5, 5.41) is 7.22. The van der Waals surface area contributed by atoms with Crippen molar-refractivity contribution in [2.75, 3.05) is 25.1 Å². The zero-order chi connectivity index (χ0) is 12.7. The molecule has 2 atom stereocenters. The normalized spacial score (nSPS) is 25.2. The highest BCUT2D eigenvalue weighted by Crippen LogP contribution is 2.24. The second-order valence-corrected chi connectivity index (χ2v) is 4.56. The van der Waals surface area contributed by atoms with E-state index in [1.807, 2.05) is 0 Å². The van der Waals surface area contributed by atoms with Crippen LogP contribution in [0.25, 0.3) is 11.2 Å². The van der Waals surface area contributed by atoms with Crippen molar-refractivity contribution in [3.8, 4) is 0 Å². The number of hydrogen-bond acceptors (Lipinski definition) is 7. The molecular formula is C11H12N6O2. The summed E-state index contributed by atoms with van der Waals surface area (Å²) in [4.78, 5) is 20.8. The molecule has 0 unspecified atom stereocenters. The Morgan fingerprint density at radius 2 is 2.37 bits per heavy atom. The number of oxime groups is 1. The number of rotatable bonds is 3. The number of imidazole rings is 1. The van der Waals surface area contributed by atoms with Gasteiger partial charge in [0.05, 0.1) is 43.9 Å². The third-order valence-corrected chi connectivity index (χ3v) is 3.36. The topological polar surface area (TPSA) is 97.3 Å². The van der Waals surface area contributed by atoms with Gasteiger partial charge in [0, 0.05) is 0 Å². The van der Waals surface area contributed by atoms with Gasteiger partial charge in [-0.2, -0.15) is 4.98 Å². The number of anilines is 1. The first-order valence-corrected chi connectivity index (χ1v) is 6.10. The Morgan fingerprint density at radius 1 is 1.37 bits per heavy atom. The first-order valence-electron chi connectivity index (χ1n) is 6.10. The van der Waals surface area contributed by atoms with E-state index < -0.39 is 0 Å². The van der Waals surface area contributed by atoms with Crippen LogP contribution in [0.4, 0.5) is 5.95 Å². The number of ether oxygens (including phenoxy) is 1. The molecule has 0 saturated carbocycles. The molecule has 1 saturated heterocycles. The molecule has 0 aromatic carbocycles. The van der Waals surface area contributed by atoms with Crippen molar-refractivity contribution >= 4 is 22.8 Å². The smallest absolute Gasteiger partial charge is 0.225 e. The van der Waals surface area contributed by atoms with Gasteiger partial charge in [-0.3, -0.25) is 0 Å². The molecule has 0 bridgehead atoms. The van der Waals surface area contributed by atoms with Crippen LogP contribution in [0.2, 0.25) is 0 Å². The Labute approximate surface area is 108 Å². The van der Waals surface area contributed by atoms with Crippen molar-refractivity contribution in [2.24, 2.45) is 11.1 Å². The highest BCUT2D eigenvalue weighted by Gasteiger charge is 2.38. The lowest BCUT2D eigenvalue weighted by Gasteiger charge is -2.07. The van der Waals surface area contributed by atoms with Crippen molar-refractivity contribution < 1.29 is 9.57 Å². The Balaban J connectivity index is 1.47. The fourth-order valence-corrected chi connectivity index (χ4v) is 2.31. The lowest BCUT2D eigenvalue weighted by atomic mass is 10.0. The molecular weight excluding hydrogens is 248 g/mol. The summed E-state index contributed by atoms with van der Waals surface area (Å²) in [6.45, 7) is 1.85. The molecule has 98 valence electrons. The van der Waals surface area contributed by atoms with Crippen LogP contribution >= 0.6 is 0 Å². The molecule has 2 aromatic heterocycles. The number of aromatic nitrogens is 4. The zero-order valence-electron chi connectivity index (χ0n) is 10.0. The predicted molar refractivity (Wildman–Crippen MR) is 66.8 cm³/mol. The molecule has 8 heteroatoms. The summed E-state index contributed by atoms with van der Waals surface area (Å²) >= 11 is 0. The monoisotopic (exact) mass is 260 g/mol. The molecule has 2 N–H and O–H groups in total. The van der Waals surface area contributed by atoms with Gasteiger partial charge in [-0.1, -0.05) is 5.16 Å². The van der Waals surface area contributed by atoms with Crippen LogP contribution in [0.5, 0.6) is 0 Å². The molecule has 2 aliphatic heterocycles. The van der Waals surface area contributed by atoms with Crippen LogP contribution < -0.4 is 5.32 Å². The Morgan fingerprint density at radius 3 is 3.37 bits per heavy atom. The number of aromatic amines is 1. The SMILES string of the molecule is c1nc2nc(NCC3=NO[C@@H]4COC[C@H]34)ncc2[nH]1. The zero-order valence-corrected chi connectivity index (χ0v) is 10.0. The van der Waals surface area contributed by atoms with Gasteiger partial charge >= 0.3 is 0 Å². The number of nitrogens with zero attached hydrogens (tertiary/aromatic N) is 4. The number of H-pyrrole nitrogens is 1. The van der Waals surface area contributed by atoms with Crippen LogP contribution in [0.3, 0.4) is 0 Å². The first kappa shape index (κ1) is 10.7. The van der Waals surface area contributed by atoms with Crippen molar-refractivity contribution in [2.45, 2.75) is 6.10 Å². The van der Waals surface area contributed by atoms with E-state index in [1.54, 1.807) is 12.5 Å². The number of nitrogens with one attached hydrogen (secondary N) is 2. The third-order valence-electron chi connectivity index (χ3n) is 3.36. The lowest BCUT2D eigenvalue weighted by Crippen LogP contribution is -2.26. The average molecular weight is 260 g/mol.